The lowest BCUT2D eigenvalue weighted by molar-refractivity contribution is 0.100. The maximum absolute atomic E-state index is 12.3. The van der Waals surface area contributed by atoms with Crippen molar-refractivity contribution in [1.82, 2.24) is 13.9 Å². The number of carbonyl (C=O) groups is 1. The Labute approximate surface area is 185 Å². The third kappa shape index (κ3) is 4.45. The Morgan fingerprint density at radius 1 is 1.32 bits per heavy atom. The molecule has 10 heteroatoms. The van der Waals surface area contributed by atoms with Gasteiger partial charge in [-0.1, -0.05) is 23.7 Å². The van der Waals surface area contributed by atoms with Gasteiger partial charge in [-0.05, 0) is 48.1 Å². The van der Waals surface area contributed by atoms with E-state index >= 15 is 0 Å². The van der Waals surface area contributed by atoms with E-state index in [-0.39, 0.29) is 19.7 Å². The van der Waals surface area contributed by atoms with Crippen LogP contribution in [0.25, 0.3) is 16.8 Å². The lowest BCUT2D eigenvalue weighted by Gasteiger charge is -2.21. The Bertz CT molecular complexity index is 1250. The van der Waals surface area contributed by atoms with E-state index in [9.17, 15) is 18.3 Å². The van der Waals surface area contributed by atoms with Crippen molar-refractivity contribution in [2.24, 2.45) is 5.73 Å². The number of hydrogen-bond acceptors (Lipinski definition) is 5. The molecule has 4 rings (SSSR count). The zero-order valence-corrected chi connectivity index (χ0v) is 18.5. The van der Waals surface area contributed by atoms with Crippen LogP contribution < -0.4 is 5.73 Å². The number of halogens is 1. The predicted octanol–water partition coefficient (Wildman–Crippen LogP) is 2.38. The SMILES string of the molecule is CS(=O)(=O)N(CCO)Cc1cn2nc(-c3ccc(Cl)cc3)c(C(N)=O)c2cc1C1CC1. The fourth-order valence-electron chi connectivity index (χ4n) is 3.77. The number of aromatic nitrogens is 2. The molecule has 0 unspecified atom stereocenters. The largest absolute Gasteiger partial charge is 0.395 e. The molecular weight excluding hydrogens is 440 g/mol. The molecule has 1 fully saturated rings. The number of benzene rings is 1. The molecule has 0 atom stereocenters. The maximum atomic E-state index is 12.3. The van der Waals surface area contributed by atoms with E-state index in [2.05, 4.69) is 5.10 Å². The van der Waals surface area contributed by atoms with Gasteiger partial charge in [0.1, 0.15) is 5.69 Å². The zero-order valence-electron chi connectivity index (χ0n) is 17.0. The van der Waals surface area contributed by atoms with Crippen LogP contribution in [0.5, 0.6) is 0 Å². The van der Waals surface area contributed by atoms with Crippen molar-refractivity contribution in [2.45, 2.75) is 25.3 Å². The van der Waals surface area contributed by atoms with Gasteiger partial charge in [0.2, 0.25) is 10.0 Å². The van der Waals surface area contributed by atoms with Crippen LogP contribution in [-0.4, -0.2) is 52.8 Å². The number of rotatable bonds is 8. The number of sulfonamides is 1. The quantitative estimate of drug-likeness (QED) is 0.532. The molecule has 1 aliphatic rings. The fraction of sp³-hybridized carbons (Fsp3) is 0.333. The summed E-state index contributed by atoms with van der Waals surface area (Å²) in [7, 11) is -3.51. The lowest BCUT2D eigenvalue weighted by Crippen LogP contribution is -2.32. The van der Waals surface area contributed by atoms with Crippen LogP contribution in [0.4, 0.5) is 0 Å². The van der Waals surface area contributed by atoms with Gasteiger partial charge >= 0.3 is 0 Å². The van der Waals surface area contributed by atoms with E-state index < -0.39 is 15.9 Å². The van der Waals surface area contributed by atoms with E-state index in [0.29, 0.717) is 33.3 Å². The number of hydrogen-bond donors (Lipinski definition) is 2. The first-order valence-corrected chi connectivity index (χ1v) is 12.1. The molecule has 1 aliphatic carbocycles. The van der Waals surface area contributed by atoms with Gasteiger partial charge in [-0.25, -0.2) is 12.9 Å². The minimum absolute atomic E-state index is 0.00262. The van der Waals surface area contributed by atoms with Crippen LogP contribution in [0.3, 0.4) is 0 Å². The number of pyridine rings is 1. The van der Waals surface area contributed by atoms with E-state index in [4.69, 9.17) is 17.3 Å². The normalized spacial score (nSPS) is 14.5. The number of nitrogens with zero attached hydrogens (tertiary/aromatic N) is 3. The molecule has 1 aromatic carbocycles. The van der Waals surface area contributed by atoms with E-state index in [0.717, 1.165) is 30.2 Å². The van der Waals surface area contributed by atoms with Crippen LogP contribution in [-0.2, 0) is 16.6 Å². The predicted molar refractivity (Wildman–Crippen MR) is 118 cm³/mol. The van der Waals surface area contributed by atoms with Gasteiger partial charge in [0.15, 0.2) is 0 Å². The molecule has 2 aromatic heterocycles. The zero-order chi connectivity index (χ0) is 22.3. The molecule has 3 aromatic rings. The third-order valence-corrected chi connectivity index (χ3v) is 6.94. The van der Waals surface area contributed by atoms with Crippen LogP contribution in [0.1, 0.15) is 40.2 Å². The Balaban J connectivity index is 1.88. The fourth-order valence-corrected chi connectivity index (χ4v) is 4.68. The number of amides is 1. The highest BCUT2D eigenvalue weighted by Gasteiger charge is 2.30. The van der Waals surface area contributed by atoms with Crippen LogP contribution in [0, 0.1) is 0 Å². The monoisotopic (exact) mass is 462 g/mol. The average Bonchev–Trinajstić information content (AvgIpc) is 3.47. The van der Waals surface area contributed by atoms with Crippen molar-refractivity contribution in [3.8, 4) is 11.3 Å². The molecule has 164 valence electrons. The molecule has 0 saturated heterocycles. The van der Waals surface area contributed by atoms with Crippen molar-refractivity contribution >= 4 is 33.0 Å². The van der Waals surface area contributed by atoms with Crippen molar-refractivity contribution in [3.63, 3.8) is 0 Å². The minimum atomic E-state index is -3.51. The Kier molecular flexibility index (Phi) is 5.78. The van der Waals surface area contributed by atoms with Gasteiger partial charge in [-0.2, -0.15) is 9.40 Å². The second-order valence-corrected chi connectivity index (χ2v) is 10.2. The summed E-state index contributed by atoms with van der Waals surface area (Å²) < 4.78 is 27.1. The summed E-state index contributed by atoms with van der Waals surface area (Å²) in [6.45, 7) is -0.158. The van der Waals surface area contributed by atoms with E-state index in [1.807, 2.05) is 6.07 Å². The van der Waals surface area contributed by atoms with Crippen LogP contribution in [0.15, 0.2) is 36.5 Å². The Morgan fingerprint density at radius 2 is 2.00 bits per heavy atom. The Morgan fingerprint density at radius 3 is 2.55 bits per heavy atom. The van der Waals surface area contributed by atoms with Crippen molar-refractivity contribution < 1.29 is 18.3 Å². The summed E-state index contributed by atoms with van der Waals surface area (Å²) in [6, 6.07) is 8.86. The topological polar surface area (TPSA) is 118 Å². The van der Waals surface area contributed by atoms with Crippen LogP contribution in [0.2, 0.25) is 5.02 Å². The van der Waals surface area contributed by atoms with Gasteiger partial charge in [-0.15, -0.1) is 0 Å². The van der Waals surface area contributed by atoms with Gasteiger partial charge < -0.3 is 10.8 Å². The average molecular weight is 463 g/mol. The van der Waals surface area contributed by atoms with Crippen LogP contribution >= 0.6 is 11.6 Å². The van der Waals surface area contributed by atoms with Gasteiger partial charge in [0, 0.05) is 29.9 Å². The third-order valence-electron chi connectivity index (χ3n) is 5.43. The number of carbonyl (C=O) groups excluding carboxylic acids is 1. The first kappa shape index (κ1) is 21.8. The highest BCUT2D eigenvalue weighted by Crippen LogP contribution is 2.43. The standard InChI is InChI=1S/C21H23ClN4O4S/c1-31(29,30)25(8-9-27)11-15-12-26-18(10-17(15)13-2-3-13)19(21(23)28)20(24-26)14-4-6-16(22)7-5-14/h4-7,10,12-13,27H,2-3,8-9,11H2,1H3,(H2,23,28). The summed E-state index contributed by atoms with van der Waals surface area (Å²) in [5.74, 6) is -0.294. The molecule has 8 nitrogen and oxygen atoms in total. The highest BCUT2D eigenvalue weighted by atomic mass is 35.5. The smallest absolute Gasteiger partial charge is 0.253 e. The molecule has 0 aliphatic heterocycles. The van der Waals surface area contributed by atoms with E-state index in [1.54, 1.807) is 35.0 Å². The van der Waals surface area contributed by atoms with E-state index in [1.165, 1.54) is 4.31 Å². The van der Waals surface area contributed by atoms with Gasteiger partial charge in [0.25, 0.3) is 5.91 Å². The maximum Gasteiger partial charge on any atom is 0.253 e. The molecule has 31 heavy (non-hydrogen) atoms. The second kappa shape index (κ2) is 8.23. The summed E-state index contributed by atoms with van der Waals surface area (Å²) in [4.78, 5) is 12.3. The summed E-state index contributed by atoms with van der Waals surface area (Å²) in [5, 5.41) is 14.5. The molecule has 0 radical (unpaired) electrons. The molecule has 1 amide bonds. The molecular formula is C21H23ClN4O4S. The number of nitrogens with two attached hydrogens (primary N) is 1. The lowest BCUT2D eigenvalue weighted by atomic mass is 10.0. The molecule has 3 N–H and O–H groups in total. The van der Waals surface area contributed by atoms with Crippen molar-refractivity contribution in [1.29, 1.82) is 0 Å². The minimum Gasteiger partial charge on any atom is -0.395 e. The summed E-state index contributed by atoms with van der Waals surface area (Å²) >= 11 is 5.99. The molecule has 1 saturated carbocycles. The van der Waals surface area contributed by atoms with Crippen molar-refractivity contribution in [3.05, 3.63) is 58.2 Å². The second-order valence-electron chi connectivity index (χ2n) is 7.77. The number of fused-ring (bicyclic) bond motifs is 1. The first-order valence-electron chi connectivity index (χ1n) is 9.86. The molecule has 2 heterocycles. The molecule has 0 spiro atoms. The number of primary amides is 1. The van der Waals surface area contributed by atoms with Gasteiger partial charge in [-0.3, -0.25) is 4.79 Å². The molecule has 0 bridgehead atoms. The highest BCUT2D eigenvalue weighted by molar-refractivity contribution is 7.88. The number of aliphatic hydroxyl groups is 1. The Hall–Kier alpha value is -2.46. The number of aliphatic hydroxyl groups excluding tert-OH is 1. The summed E-state index contributed by atoms with van der Waals surface area (Å²) in [5.41, 5.74) is 9.52. The van der Waals surface area contributed by atoms with Crippen molar-refractivity contribution in [2.75, 3.05) is 19.4 Å². The first-order chi connectivity index (χ1) is 14.7. The van der Waals surface area contributed by atoms with Gasteiger partial charge in [0.05, 0.1) is 23.9 Å². The summed E-state index contributed by atoms with van der Waals surface area (Å²) in [6.07, 6.45) is 4.86.